The van der Waals surface area contributed by atoms with Crippen LogP contribution in [-0.2, 0) is 4.79 Å². The molecule has 1 unspecified atom stereocenters. The molecule has 66 valence electrons. The maximum Gasteiger partial charge on any atom is 0.303 e. The lowest BCUT2D eigenvalue weighted by molar-refractivity contribution is -0.137. The van der Waals surface area contributed by atoms with Gasteiger partial charge in [-0.2, -0.15) is 0 Å². The van der Waals surface area contributed by atoms with Crippen LogP contribution in [0.1, 0.15) is 32.6 Å². The summed E-state index contributed by atoms with van der Waals surface area (Å²) in [5.74, 6) is -0.707. The Morgan fingerprint density at radius 1 is 1.55 bits per heavy atom. The lowest BCUT2D eigenvalue weighted by atomic mass is 10.1. The molecule has 0 aromatic heterocycles. The van der Waals surface area contributed by atoms with E-state index in [9.17, 15) is 4.79 Å². The van der Waals surface area contributed by atoms with E-state index < -0.39 is 5.97 Å². The van der Waals surface area contributed by atoms with Crippen molar-refractivity contribution in [2.75, 3.05) is 7.05 Å². The molecule has 1 atom stereocenters. The van der Waals surface area contributed by atoms with Gasteiger partial charge in [-0.15, -0.1) is 0 Å². The fraction of sp³-hybridized carbons (Fsp3) is 0.875. The first-order chi connectivity index (χ1) is 5.20. The summed E-state index contributed by atoms with van der Waals surface area (Å²) in [7, 11) is 1.88. The van der Waals surface area contributed by atoms with Gasteiger partial charge in [-0.3, -0.25) is 4.79 Å². The average molecular weight is 159 g/mol. The van der Waals surface area contributed by atoms with Crippen LogP contribution in [0.15, 0.2) is 0 Å². The molecule has 0 heterocycles. The fourth-order valence-corrected chi connectivity index (χ4v) is 1.08. The van der Waals surface area contributed by atoms with Gasteiger partial charge in [0.15, 0.2) is 0 Å². The first kappa shape index (κ1) is 10.4. The molecule has 0 aliphatic carbocycles. The number of carboxylic acids is 1. The maximum absolute atomic E-state index is 10.2. The lowest BCUT2D eigenvalue weighted by Crippen LogP contribution is -2.25. The number of rotatable bonds is 6. The van der Waals surface area contributed by atoms with Gasteiger partial charge in [-0.05, 0) is 19.9 Å². The second kappa shape index (κ2) is 6.16. The van der Waals surface area contributed by atoms with Gasteiger partial charge < -0.3 is 10.4 Å². The zero-order chi connectivity index (χ0) is 8.69. The molecule has 11 heavy (non-hydrogen) atoms. The topological polar surface area (TPSA) is 49.3 Å². The average Bonchev–Trinajstić information content (AvgIpc) is 1.97. The largest absolute Gasteiger partial charge is 0.481 e. The number of aliphatic carboxylic acids is 1. The van der Waals surface area contributed by atoms with Gasteiger partial charge in [-0.1, -0.05) is 13.3 Å². The summed E-state index contributed by atoms with van der Waals surface area (Å²) in [6.07, 6.45) is 3.17. The van der Waals surface area contributed by atoms with Crippen LogP contribution in [0.5, 0.6) is 0 Å². The van der Waals surface area contributed by atoms with Crippen LogP contribution in [0.2, 0.25) is 0 Å². The predicted octanol–water partition coefficient (Wildman–Crippen LogP) is 1.24. The minimum Gasteiger partial charge on any atom is -0.481 e. The summed E-state index contributed by atoms with van der Waals surface area (Å²) in [4.78, 5) is 10.2. The predicted molar refractivity (Wildman–Crippen MR) is 44.6 cm³/mol. The van der Waals surface area contributed by atoms with Gasteiger partial charge in [-0.25, -0.2) is 0 Å². The molecule has 3 nitrogen and oxygen atoms in total. The summed E-state index contributed by atoms with van der Waals surface area (Å²) in [5.41, 5.74) is 0. The standard InChI is InChI=1S/C8H17NO2/c1-3-4-7(9-2)5-6-8(10)11/h7,9H,3-6H2,1-2H3,(H,10,11). The van der Waals surface area contributed by atoms with E-state index >= 15 is 0 Å². The molecule has 2 N–H and O–H groups in total. The molecule has 0 amide bonds. The Hall–Kier alpha value is -0.570. The molecule has 0 aliphatic rings. The highest BCUT2D eigenvalue weighted by atomic mass is 16.4. The highest BCUT2D eigenvalue weighted by Crippen LogP contribution is 2.03. The van der Waals surface area contributed by atoms with Crippen LogP contribution in [0, 0.1) is 0 Å². The summed E-state index contributed by atoms with van der Waals surface area (Å²) in [5, 5.41) is 11.5. The van der Waals surface area contributed by atoms with E-state index in [1.54, 1.807) is 0 Å². The van der Waals surface area contributed by atoms with Gasteiger partial charge in [0.05, 0.1) is 0 Å². The smallest absolute Gasteiger partial charge is 0.303 e. The quantitative estimate of drug-likeness (QED) is 0.613. The molecule has 0 rings (SSSR count). The summed E-state index contributed by atoms with van der Waals surface area (Å²) >= 11 is 0. The highest BCUT2D eigenvalue weighted by Gasteiger charge is 2.06. The van der Waals surface area contributed by atoms with Crippen molar-refractivity contribution in [2.45, 2.75) is 38.6 Å². The molecule has 0 radical (unpaired) electrons. The Bertz CT molecular complexity index is 115. The summed E-state index contributed by atoms with van der Waals surface area (Å²) < 4.78 is 0. The van der Waals surface area contributed by atoms with E-state index in [0.29, 0.717) is 6.04 Å². The lowest BCUT2D eigenvalue weighted by Gasteiger charge is -2.12. The molecular formula is C8H17NO2. The first-order valence-electron chi connectivity index (χ1n) is 4.09. The van der Waals surface area contributed by atoms with Crippen molar-refractivity contribution in [3.63, 3.8) is 0 Å². The van der Waals surface area contributed by atoms with Crippen LogP contribution in [0.25, 0.3) is 0 Å². The molecule has 0 aliphatic heterocycles. The zero-order valence-corrected chi connectivity index (χ0v) is 7.26. The second-order valence-corrected chi connectivity index (χ2v) is 2.71. The van der Waals surface area contributed by atoms with Crippen LogP contribution in [-0.4, -0.2) is 24.2 Å². The van der Waals surface area contributed by atoms with Crippen molar-refractivity contribution >= 4 is 5.97 Å². The Morgan fingerprint density at radius 2 is 2.18 bits per heavy atom. The van der Waals surface area contributed by atoms with Crippen molar-refractivity contribution in [1.82, 2.24) is 5.32 Å². The number of hydrogen-bond donors (Lipinski definition) is 2. The molecule has 0 fully saturated rings. The Kier molecular flexibility index (Phi) is 5.84. The van der Waals surface area contributed by atoms with Crippen LogP contribution in [0.3, 0.4) is 0 Å². The number of nitrogens with one attached hydrogen (secondary N) is 1. The van der Waals surface area contributed by atoms with E-state index in [0.717, 1.165) is 19.3 Å². The van der Waals surface area contributed by atoms with Crippen molar-refractivity contribution in [3.05, 3.63) is 0 Å². The Morgan fingerprint density at radius 3 is 2.55 bits per heavy atom. The fourth-order valence-electron chi connectivity index (χ4n) is 1.08. The summed E-state index contributed by atoms with van der Waals surface area (Å²) in [6, 6.07) is 0.371. The van der Waals surface area contributed by atoms with Gasteiger partial charge in [0.2, 0.25) is 0 Å². The minimum absolute atomic E-state index is 0.269. The molecule has 0 saturated carbocycles. The summed E-state index contributed by atoms with van der Waals surface area (Å²) in [6.45, 7) is 2.10. The zero-order valence-electron chi connectivity index (χ0n) is 7.26. The Labute approximate surface area is 67.8 Å². The molecule has 0 bridgehead atoms. The van der Waals surface area contributed by atoms with E-state index in [2.05, 4.69) is 12.2 Å². The molecule has 0 saturated heterocycles. The molecule has 0 aromatic rings. The molecule has 3 heteroatoms. The van der Waals surface area contributed by atoms with Gasteiger partial charge in [0.25, 0.3) is 0 Å². The van der Waals surface area contributed by atoms with Crippen molar-refractivity contribution in [1.29, 1.82) is 0 Å². The SMILES string of the molecule is CCCC(CCC(=O)O)NC. The monoisotopic (exact) mass is 159 g/mol. The van der Waals surface area contributed by atoms with Crippen LogP contribution in [0.4, 0.5) is 0 Å². The van der Waals surface area contributed by atoms with Gasteiger partial charge >= 0.3 is 5.97 Å². The maximum atomic E-state index is 10.2. The van der Waals surface area contributed by atoms with Gasteiger partial charge in [0, 0.05) is 12.5 Å². The van der Waals surface area contributed by atoms with E-state index in [-0.39, 0.29) is 6.42 Å². The van der Waals surface area contributed by atoms with Gasteiger partial charge in [0.1, 0.15) is 0 Å². The minimum atomic E-state index is -0.707. The third-order valence-electron chi connectivity index (χ3n) is 1.75. The second-order valence-electron chi connectivity index (χ2n) is 2.71. The number of carbonyl (C=O) groups is 1. The van der Waals surface area contributed by atoms with Crippen molar-refractivity contribution < 1.29 is 9.90 Å². The molecule has 0 spiro atoms. The van der Waals surface area contributed by atoms with E-state index in [1.165, 1.54) is 0 Å². The highest BCUT2D eigenvalue weighted by molar-refractivity contribution is 5.66. The number of hydrogen-bond acceptors (Lipinski definition) is 2. The van der Waals surface area contributed by atoms with E-state index in [4.69, 9.17) is 5.11 Å². The third kappa shape index (κ3) is 5.85. The van der Waals surface area contributed by atoms with E-state index in [1.807, 2.05) is 7.05 Å². The van der Waals surface area contributed by atoms with Crippen molar-refractivity contribution in [3.8, 4) is 0 Å². The first-order valence-corrected chi connectivity index (χ1v) is 4.09. The van der Waals surface area contributed by atoms with Crippen LogP contribution < -0.4 is 5.32 Å². The molecular weight excluding hydrogens is 142 g/mol. The van der Waals surface area contributed by atoms with Crippen LogP contribution >= 0.6 is 0 Å². The molecule has 0 aromatic carbocycles. The normalized spacial score (nSPS) is 12.9. The third-order valence-corrected chi connectivity index (χ3v) is 1.75. The number of carboxylic acid groups (broad SMARTS) is 1. The van der Waals surface area contributed by atoms with Crippen molar-refractivity contribution in [2.24, 2.45) is 0 Å². The Balaban J connectivity index is 3.43.